The number of aromatic nitrogens is 2. The fourth-order valence-corrected chi connectivity index (χ4v) is 3.67. The molecule has 1 fully saturated rings. The molecular formula is C23H25N5O2. The minimum absolute atomic E-state index is 0.102. The number of benzene rings is 2. The number of hydrogen-bond donors (Lipinski definition) is 3. The Morgan fingerprint density at radius 2 is 1.87 bits per heavy atom. The third kappa shape index (κ3) is 4.93. The number of hydrogen-bond acceptors (Lipinski definition) is 4. The zero-order valence-electron chi connectivity index (χ0n) is 16.7. The van der Waals surface area contributed by atoms with Gasteiger partial charge in [-0.2, -0.15) is 0 Å². The Morgan fingerprint density at radius 1 is 1.10 bits per heavy atom. The van der Waals surface area contributed by atoms with Crippen molar-refractivity contribution in [2.45, 2.75) is 25.6 Å². The van der Waals surface area contributed by atoms with Crippen molar-refractivity contribution in [1.29, 1.82) is 0 Å². The van der Waals surface area contributed by atoms with E-state index in [2.05, 4.69) is 61.9 Å². The van der Waals surface area contributed by atoms with Gasteiger partial charge in [0.2, 0.25) is 11.8 Å². The van der Waals surface area contributed by atoms with E-state index in [0.29, 0.717) is 32.0 Å². The molecule has 2 aromatic carbocycles. The summed E-state index contributed by atoms with van der Waals surface area (Å²) in [6.07, 6.45) is 3.47. The lowest BCUT2D eigenvalue weighted by atomic mass is 10.0. The first-order chi connectivity index (χ1) is 14.7. The molecule has 2 heterocycles. The van der Waals surface area contributed by atoms with Crippen molar-refractivity contribution in [3.8, 4) is 11.1 Å². The Labute approximate surface area is 175 Å². The standard InChI is InChI=1S/C23H25N5O2/c29-22(27-15-21-24-10-11-25-21)14-20-23(30)26-12-13-28(20)16-17-6-8-19(9-7-17)18-4-2-1-3-5-18/h1-11,20H,12-16H2,(H,24,25)(H,26,30)(H,27,29). The number of aromatic amines is 1. The van der Waals surface area contributed by atoms with E-state index in [0.717, 1.165) is 11.1 Å². The lowest BCUT2D eigenvalue weighted by Gasteiger charge is -2.34. The van der Waals surface area contributed by atoms with Gasteiger partial charge in [-0.1, -0.05) is 54.6 Å². The van der Waals surface area contributed by atoms with Gasteiger partial charge in [0.1, 0.15) is 5.82 Å². The van der Waals surface area contributed by atoms with Crippen LogP contribution in [-0.4, -0.2) is 45.8 Å². The van der Waals surface area contributed by atoms with Crippen LogP contribution < -0.4 is 10.6 Å². The minimum Gasteiger partial charge on any atom is -0.353 e. The summed E-state index contributed by atoms with van der Waals surface area (Å²) in [7, 11) is 0. The van der Waals surface area contributed by atoms with Gasteiger partial charge in [-0.15, -0.1) is 0 Å². The van der Waals surface area contributed by atoms with Gasteiger partial charge in [-0.05, 0) is 16.7 Å². The van der Waals surface area contributed by atoms with Crippen molar-refractivity contribution in [2.24, 2.45) is 0 Å². The molecule has 0 bridgehead atoms. The number of H-pyrrole nitrogens is 1. The highest BCUT2D eigenvalue weighted by Gasteiger charge is 2.31. The Balaban J connectivity index is 1.38. The average Bonchev–Trinajstić information content (AvgIpc) is 3.30. The largest absolute Gasteiger partial charge is 0.353 e. The highest BCUT2D eigenvalue weighted by atomic mass is 16.2. The summed E-state index contributed by atoms with van der Waals surface area (Å²) in [5.41, 5.74) is 3.45. The fourth-order valence-electron chi connectivity index (χ4n) is 3.67. The van der Waals surface area contributed by atoms with Crippen molar-refractivity contribution >= 4 is 11.8 Å². The smallest absolute Gasteiger partial charge is 0.237 e. The van der Waals surface area contributed by atoms with Crippen molar-refractivity contribution in [1.82, 2.24) is 25.5 Å². The summed E-state index contributed by atoms with van der Waals surface area (Å²) in [6, 6.07) is 18.1. The van der Waals surface area contributed by atoms with Crippen molar-refractivity contribution in [2.75, 3.05) is 13.1 Å². The average molecular weight is 403 g/mol. The third-order valence-corrected chi connectivity index (χ3v) is 5.27. The highest BCUT2D eigenvalue weighted by Crippen LogP contribution is 2.21. The van der Waals surface area contributed by atoms with Crippen LogP contribution in [0.3, 0.4) is 0 Å². The quantitative estimate of drug-likeness (QED) is 0.563. The predicted molar refractivity (Wildman–Crippen MR) is 114 cm³/mol. The molecule has 2 amide bonds. The number of rotatable bonds is 7. The van der Waals surface area contributed by atoms with Crippen LogP contribution in [0.4, 0.5) is 0 Å². The van der Waals surface area contributed by atoms with E-state index in [-0.39, 0.29) is 18.2 Å². The summed E-state index contributed by atoms with van der Waals surface area (Å²) in [4.78, 5) is 34.0. The molecule has 1 aliphatic rings. The molecule has 30 heavy (non-hydrogen) atoms. The zero-order valence-corrected chi connectivity index (χ0v) is 16.7. The summed E-state index contributed by atoms with van der Waals surface area (Å²) in [5.74, 6) is 0.417. The second-order valence-electron chi connectivity index (χ2n) is 7.36. The predicted octanol–water partition coefficient (Wildman–Crippen LogP) is 2.08. The lowest BCUT2D eigenvalue weighted by molar-refractivity contribution is -0.134. The van der Waals surface area contributed by atoms with Gasteiger partial charge >= 0.3 is 0 Å². The Morgan fingerprint density at radius 3 is 2.60 bits per heavy atom. The van der Waals surface area contributed by atoms with Gasteiger partial charge in [0.25, 0.3) is 0 Å². The van der Waals surface area contributed by atoms with E-state index in [9.17, 15) is 9.59 Å². The van der Waals surface area contributed by atoms with E-state index >= 15 is 0 Å². The zero-order chi connectivity index (χ0) is 20.8. The van der Waals surface area contributed by atoms with Gasteiger partial charge < -0.3 is 15.6 Å². The first kappa shape index (κ1) is 19.8. The second kappa shape index (κ2) is 9.37. The van der Waals surface area contributed by atoms with Crippen molar-refractivity contribution in [3.63, 3.8) is 0 Å². The van der Waals surface area contributed by atoms with Crippen molar-refractivity contribution < 1.29 is 9.59 Å². The third-order valence-electron chi connectivity index (χ3n) is 5.27. The van der Waals surface area contributed by atoms with Gasteiger partial charge in [0, 0.05) is 32.0 Å². The molecule has 0 radical (unpaired) electrons. The number of nitrogens with zero attached hydrogens (tertiary/aromatic N) is 2. The van der Waals surface area contributed by atoms with Crippen LogP contribution in [0.15, 0.2) is 67.0 Å². The summed E-state index contributed by atoms with van der Waals surface area (Å²) in [6.45, 7) is 2.24. The number of amides is 2. The normalized spacial score (nSPS) is 16.8. The summed E-state index contributed by atoms with van der Waals surface area (Å²) >= 11 is 0. The molecule has 3 aromatic rings. The number of carbonyl (C=O) groups excluding carboxylic acids is 2. The molecule has 3 N–H and O–H groups in total. The summed E-state index contributed by atoms with van der Waals surface area (Å²) < 4.78 is 0. The van der Waals surface area contributed by atoms with Crippen LogP contribution in [0.25, 0.3) is 11.1 Å². The van der Waals surface area contributed by atoms with Gasteiger partial charge in [-0.3, -0.25) is 14.5 Å². The maximum absolute atomic E-state index is 12.5. The molecule has 1 unspecified atom stereocenters. The van der Waals surface area contributed by atoms with Gasteiger partial charge in [0.05, 0.1) is 19.0 Å². The van der Waals surface area contributed by atoms with Crippen LogP contribution in [0.1, 0.15) is 17.8 Å². The molecular weight excluding hydrogens is 378 g/mol. The Hall–Kier alpha value is -3.45. The SMILES string of the molecule is O=C(CC1C(=O)NCCN1Cc1ccc(-c2ccccc2)cc1)NCc1ncc[nH]1. The number of nitrogens with one attached hydrogen (secondary N) is 3. The Bertz CT molecular complexity index is 971. The van der Waals surface area contributed by atoms with Crippen LogP contribution in [0, 0.1) is 0 Å². The van der Waals surface area contributed by atoms with Crippen molar-refractivity contribution in [3.05, 3.63) is 78.4 Å². The molecule has 7 nitrogen and oxygen atoms in total. The maximum Gasteiger partial charge on any atom is 0.237 e. The first-order valence-corrected chi connectivity index (χ1v) is 10.1. The van der Waals surface area contributed by atoms with Gasteiger partial charge in [0.15, 0.2) is 0 Å². The number of imidazole rings is 1. The maximum atomic E-state index is 12.5. The van der Waals surface area contributed by atoms with Crippen LogP contribution in [0.5, 0.6) is 0 Å². The molecule has 0 aliphatic carbocycles. The fraction of sp³-hybridized carbons (Fsp3) is 0.261. The van der Waals surface area contributed by atoms with Crippen LogP contribution >= 0.6 is 0 Å². The van der Waals surface area contributed by atoms with E-state index in [4.69, 9.17) is 0 Å². The van der Waals surface area contributed by atoms with E-state index in [1.807, 2.05) is 18.2 Å². The van der Waals surface area contributed by atoms with Crippen LogP contribution in [0.2, 0.25) is 0 Å². The van der Waals surface area contributed by atoms with E-state index < -0.39 is 6.04 Å². The molecule has 1 aromatic heterocycles. The minimum atomic E-state index is -0.482. The molecule has 1 aliphatic heterocycles. The molecule has 1 saturated heterocycles. The van der Waals surface area contributed by atoms with E-state index in [1.165, 1.54) is 5.56 Å². The molecule has 0 spiro atoms. The Kier molecular flexibility index (Phi) is 6.20. The lowest BCUT2D eigenvalue weighted by Crippen LogP contribution is -2.56. The van der Waals surface area contributed by atoms with Crippen LogP contribution in [-0.2, 0) is 22.7 Å². The molecule has 0 saturated carbocycles. The molecule has 7 heteroatoms. The summed E-state index contributed by atoms with van der Waals surface area (Å²) in [5, 5.41) is 5.70. The molecule has 154 valence electrons. The monoisotopic (exact) mass is 403 g/mol. The second-order valence-corrected chi connectivity index (χ2v) is 7.36. The number of carbonyl (C=O) groups is 2. The van der Waals surface area contributed by atoms with Gasteiger partial charge in [-0.25, -0.2) is 4.98 Å². The first-order valence-electron chi connectivity index (χ1n) is 10.1. The molecule has 1 atom stereocenters. The molecule has 4 rings (SSSR count). The van der Waals surface area contributed by atoms with E-state index in [1.54, 1.807) is 12.4 Å². The topological polar surface area (TPSA) is 90.1 Å². The highest BCUT2D eigenvalue weighted by molar-refractivity contribution is 5.88. The number of piperazine rings is 1.